The third-order valence-electron chi connectivity index (χ3n) is 2.65. The van der Waals surface area contributed by atoms with E-state index in [-0.39, 0.29) is 17.2 Å². The van der Waals surface area contributed by atoms with Crippen LogP contribution in [-0.4, -0.2) is 49.7 Å². The topological polar surface area (TPSA) is 83.9 Å². The molecular weight excluding hydrogens is 339 g/mol. The van der Waals surface area contributed by atoms with E-state index < -0.39 is 35.3 Å². The number of carbonyl (C=O) groups is 1. The minimum absolute atomic E-state index is 0.0148. The van der Waals surface area contributed by atoms with Crippen LogP contribution in [0.5, 0.6) is 5.75 Å². The summed E-state index contributed by atoms with van der Waals surface area (Å²) in [6.07, 6.45) is -4.08. The lowest BCUT2D eigenvalue weighted by Crippen LogP contribution is -2.36. The van der Waals surface area contributed by atoms with Gasteiger partial charge in [-0.1, -0.05) is 6.92 Å². The van der Waals surface area contributed by atoms with Crippen LogP contribution in [0.1, 0.15) is 13.3 Å². The Labute approximate surface area is 131 Å². The summed E-state index contributed by atoms with van der Waals surface area (Å²) in [7, 11) is -4.04. The first-order chi connectivity index (χ1) is 10.6. The van der Waals surface area contributed by atoms with E-state index in [1.807, 2.05) is 0 Å². The van der Waals surface area contributed by atoms with Gasteiger partial charge in [-0.15, -0.1) is 0 Å². The molecule has 0 saturated carbocycles. The van der Waals surface area contributed by atoms with Crippen LogP contribution >= 0.6 is 0 Å². The monoisotopic (exact) mass is 355 g/mol. The van der Waals surface area contributed by atoms with Crippen molar-refractivity contribution in [1.29, 1.82) is 0 Å². The van der Waals surface area contributed by atoms with Crippen LogP contribution < -0.4 is 4.74 Å². The minimum atomic E-state index is -4.50. The first-order valence-electron chi connectivity index (χ1n) is 6.58. The summed E-state index contributed by atoms with van der Waals surface area (Å²) in [6, 6.07) is 4.32. The quantitative estimate of drug-likeness (QED) is 0.772. The molecule has 0 aliphatic heterocycles. The van der Waals surface area contributed by atoms with E-state index in [9.17, 15) is 26.4 Å². The molecule has 0 saturated heterocycles. The maximum absolute atomic E-state index is 12.3. The molecule has 0 radical (unpaired) electrons. The van der Waals surface area contributed by atoms with Gasteiger partial charge in [0.1, 0.15) is 12.3 Å². The van der Waals surface area contributed by atoms with Gasteiger partial charge in [-0.2, -0.15) is 17.5 Å². The fourth-order valence-corrected chi connectivity index (χ4v) is 3.19. The molecule has 1 rings (SSSR count). The van der Waals surface area contributed by atoms with E-state index >= 15 is 0 Å². The number of halogens is 3. The molecule has 1 N–H and O–H groups in total. The van der Waals surface area contributed by atoms with Crippen LogP contribution in [0.3, 0.4) is 0 Å². The van der Waals surface area contributed by atoms with Crippen LogP contribution in [-0.2, 0) is 14.8 Å². The Morgan fingerprint density at radius 3 is 2.26 bits per heavy atom. The average Bonchev–Trinajstić information content (AvgIpc) is 2.44. The van der Waals surface area contributed by atoms with Gasteiger partial charge in [-0.3, -0.25) is 4.79 Å². The van der Waals surface area contributed by atoms with Crippen molar-refractivity contribution in [3.05, 3.63) is 24.3 Å². The lowest BCUT2D eigenvalue weighted by atomic mass is 10.3. The molecule has 0 aliphatic carbocycles. The second-order valence-corrected chi connectivity index (χ2v) is 6.55. The Morgan fingerprint density at radius 2 is 1.83 bits per heavy atom. The highest BCUT2D eigenvalue weighted by molar-refractivity contribution is 7.89. The Balaban J connectivity index is 2.93. The molecule has 6 nitrogen and oxygen atoms in total. The largest absolute Gasteiger partial charge is 0.484 e. The number of alkyl halides is 3. The molecule has 1 aromatic rings. The first-order valence-corrected chi connectivity index (χ1v) is 8.02. The van der Waals surface area contributed by atoms with Crippen LogP contribution in [0.4, 0.5) is 13.2 Å². The van der Waals surface area contributed by atoms with Gasteiger partial charge in [0, 0.05) is 6.54 Å². The molecule has 0 unspecified atom stereocenters. The zero-order valence-corrected chi connectivity index (χ0v) is 13.0. The van der Waals surface area contributed by atoms with Gasteiger partial charge in [-0.05, 0) is 30.7 Å². The normalized spacial score (nSPS) is 12.4. The van der Waals surface area contributed by atoms with Gasteiger partial charge in [0.2, 0.25) is 10.0 Å². The van der Waals surface area contributed by atoms with Gasteiger partial charge in [0.05, 0.1) is 4.90 Å². The Hall–Kier alpha value is -1.81. The molecule has 1 aromatic carbocycles. The van der Waals surface area contributed by atoms with Crippen LogP contribution in [0, 0.1) is 0 Å². The van der Waals surface area contributed by atoms with Crippen molar-refractivity contribution in [2.24, 2.45) is 0 Å². The van der Waals surface area contributed by atoms with Gasteiger partial charge >= 0.3 is 12.1 Å². The van der Waals surface area contributed by atoms with Gasteiger partial charge in [0.15, 0.2) is 6.61 Å². The zero-order chi connectivity index (χ0) is 17.7. The van der Waals surface area contributed by atoms with Crippen LogP contribution in [0.15, 0.2) is 29.2 Å². The highest BCUT2D eigenvalue weighted by atomic mass is 32.2. The molecule has 0 amide bonds. The summed E-state index contributed by atoms with van der Waals surface area (Å²) in [5, 5.41) is 8.78. The highest BCUT2D eigenvalue weighted by Gasteiger charge is 2.29. The second-order valence-electron chi connectivity index (χ2n) is 4.61. The summed E-state index contributed by atoms with van der Waals surface area (Å²) in [4.78, 5) is 10.5. The molecule has 0 atom stereocenters. The Morgan fingerprint density at radius 1 is 1.26 bits per heavy atom. The summed E-state index contributed by atoms with van der Waals surface area (Å²) < 4.78 is 66.0. The molecule has 23 heavy (non-hydrogen) atoms. The van der Waals surface area contributed by atoms with Crippen molar-refractivity contribution in [3.8, 4) is 5.75 Å². The van der Waals surface area contributed by atoms with Crippen molar-refractivity contribution in [3.63, 3.8) is 0 Å². The molecular formula is C13H16F3NO5S. The lowest BCUT2D eigenvalue weighted by Gasteiger charge is -2.19. The number of benzene rings is 1. The number of carboxylic acids is 1. The maximum Gasteiger partial charge on any atom is 0.422 e. The number of sulfonamides is 1. The molecule has 0 fully saturated rings. The summed E-state index contributed by atoms with van der Waals surface area (Å²) in [5.41, 5.74) is 0. The third-order valence-corrected chi connectivity index (χ3v) is 4.51. The van der Waals surface area contributed by atoms with E-state index in [0.717, 1.165) is 28.6 Å². The summed E-state index contributed by atoms with van der Waals surface area (Å²) >= 11 is 0. The average molecular weight is 355 g/mol. The molecule has 0 aromatic heterocycles. The highest BCUT2D eigenvalue weighted by Crippen LogP contribution is 2.22. The fraction of sp³-hybridized carbons (Fsp3) is 0.462. The smallest absolute Gasteiger partial charge is 0.422 e. The minimum Gasteiger partial charge on any atom is -0.484 e. The fourth-order valence-electron chi connectivity index (χ4n) is 1.71. The van der Waals surface area contributed by atoms with Gasteiger partial charge < -0.3 is 9.84 Å². The number of nitrogens with zero attached hydrogens (tertiary/aromatic N) is 1. The number of aliphatic carboxylic acids is 1. The molecule has 10 heteroatoms. The second kappa shape index (κ2) is 7.64. The third kappa shape index (κ3) is 6.06. The van der Waals surface area contributed by atoms with E-state index in [4.69, 9.17) is 5.11 Å². The number of hydrogen-bond acceptors (Lipinski definition) is 4. The predicted molar refractivity (Wildman–Crippen MR) is 74.7 cm³/mol. The molecule has 130 valence electrons. The van der Waals surface area contributed by atoms with Crippen molar-refractivity contribution in [1.82, 2.24) is 4.31 Å². The first kappa shape index (κ1) is 19.2. The SMILES string of the molecule is CCCN(CC(=O)O)S(=O)(=O)c1ccc(OCC(F)(F)F)cc1. The molecule has 0 heterocycles. The lowest BCUT2D eigenvalue weighted by molar-refractivity contribution is -0.153. The van der Waals surface area contributed by atoms with Crippen molar-refractivity contribution in [2.75, 3.05) is 19.7 Å². The zero-order valence-electron chi connectivity index (χ0n) is 12.2. The number of hydrogen-bond donors (Lipinski definition) is 1. The number of rotatable bonds is 8. The summed E-state index contributed by atoms with van der Waals surface area (Å²) in [6.45, 7) is -0.470. The number of carboxylic acid groups (broad SMARTS) is 1. The van der Waals surface area contributed by atoms with E-state index in [2.05, 4.69) is 4.74 Å². The predicted octanol–water partition coefficient (Wildman–Crippen LogP) is 2.11. The van der Waals surface area contributed by atoms with E-state index in [0.29, 0.717) is 6.42 Å². The molecule has 0 aliphatic rings. The van der Waals surface area contributed by atoms with Crippen molar-refractivity contribution < 1.29 is 36.2 Å². The summed E-state index contributed by atoms with van der Waals surface area (Å²) in [5.74, 6) is -1.44. The van der Waals surface area contributed by atoms with E-state index in [1.54, 1.807) is 6.92 Å². The standard InChI is InChI=1S/C13H16F3NO5S/c1-2-7-17(8-12(18)19)23(20,21)11-5-3-10(4-6-11)22-9-13(14,15)16/h3-6H,2,7-9H2,1H3,(H,18,19). The number of ether oxygens (including phenoxy) is 1. The Kier molecular flexibility index (Phi) is 6.39. The van der Waals surface area contributed by atoms with Crippen LogP contribution in [0.25, 0.3) is 0 Å². The van der Waals surface area contributed by atoms with Gasteiger partial charge in [0.25, 0.3) is 0 Å². The van der Waals surface area contributed by atoms with Crippen molar-refractivity contribution in [2.45, 2.75) is 24.4 Å². The van der Waals surface area contributed by atoms with Gasteiger partial charge in [-0.25, -0.2) is 8.42 Å². The van der Waals surface area contributed by atoms with Crippen molar-refractivity contribution >= 4 is 16.0 Å². The Bertz CT molecular complexity index is 628. The molecule has 0 bridgehead atoms. The van der Waals surface area contributed by atoms with E-state index in [1.165, 1.54) is 0 Å². The van der Waals surface area contributed by atoms with Crippen LogP contribution in [0.2, 0.25) is 0 Å². The molecule has 0 spiro atoms. The maximum atomic E-state index is 12.3.